The minimum Gasteiger partial charge on any atom is -0.369 e. The molecule has 0 amide bonds. The predicted molar refractivity (Wildman–Crippen MR) is 48.1 cm³/mol. The molecule has 1 rings (SSSR count). The van der Waals surface area contributed by atoms with Crippen LogP contribution in [-0.4, -0.2) is 30.3 Å². The van der Waals surface area contributed by atoms with Crippen molar-refractivity contribution in [1.82, 2.24) is 9.88 Å². The van der Waals surface area contributed by atoms with E-state index in [1.54, 1.807) is 11.2 Å². The smallest absolute Gasteiger partial charge is 0.339 e. The van der Waals surface area contributed by atoms with Gasteiger partial charge in [-0.15, -0.1) is 0 Å². The van der Waals surface area contributed by atoms with E-state index in [2.05, 4.69) is 9.98 Å². The maximum Gasteiger partial charge on any atom is 0.339 e. The monoisotopic (exact) mass is 189 g/mol. The first kappa shape index (κ1) is 8.35. The maximum atomic E-state index is 10.6. The number of aromatic nitrogens is 1. The fourth-order valence-corrected chi connectivity index (χ4v) is 1.73. The number of aliphatic imine (C=N–C) groups is 1. The third-order valence-corrected chi connectivity index (χ3v) is 2.56. The Morgan fingerprint density at radius 3 is 2.73 bits per heavy atom. The molecule has 0 aliphatic carbocycles. The molecule has 0 aromatic carbocycles. The Kier molecular flexibility index (Phi) is 2.72. The molecular formula is C5H7N3OS2. The topological polar surface area (TPSA) is 45.6 Å². The van der Waals surface area contributed by atoms with E-state index in [0.29, 0.717) is 5.13 Å². The molecule has 0 radical (unpaired) electrons. The van der Waals surface area contributed by atoms with Crippen LogP contribution in [0.5, 0.6) is 0 Å². The van der Waals surface area contributed by atoms with E-state index in [4.69, 9.17) is 0 Å². The van der Waals surface area contributed by atoms with Crippen molar-refractivity contribution in [3.05, 3.63) is 9.67 Å². The van der Waals surface area contributed by atoms with Crippen LogP contribution in [-0.2, 0) is 0 Å². The van der Waals surface area contributed by atoms with Gasteiger partial charge in [-0.05, 0) is 20.7 Å². The van der Waals surface area contributed by atoms with Crippen LogP contribution in [0.15, 0.2) is 9.79 Å². The lowest BCUT2D eigenvalue weighted by Crippen LogP contribution is -2.07. The molecule has 4 nitrogen and oxygen atoms in total. The standard InChI is InChI=1S/C5H7N3OS2/c1-8(2)3-6-4-7-5(9)11-10-4/h3H,1-2H3. The van der Waals surface area contributed by atoms with Gasteiger partial charge in [-0.2, -0.15) is 4.98 Å². The molecule has 0 bridgehead atoms. The molecule has 0 aliphatic rings. The Bertz CT molecular complexity index is 301. The lowest BCUT2D eigenvalue weighted by atomic mass is 10.9. The molecule has 11 heavy (non-hydrogen) atoms. The molecule has 0 atom stereocenters. The largest absolute Gasteiger partial charge is 0.369 e. The zero-order valence-electron chi connectivity index (χ0n) is 6.14. The molecule has 0 unspecified atom stereocenters. The average Bonchev–Trinajstić information content (AvgIpc) is 2.31. The average molecular weight is 189 g/mol. The van der Waals surface area contributed by atoms with Crippen LogP contribution in [0.3, 0.4) is 0 Å². The molecule has 60 valence electrons. The Labute approximate surface area is 71.2 Å². The number of rotatable bonds is 2. The van der Waals surface area contributed by atoms with Crippen molar-refractivity contribution in [1.29, 1.82) is 0 Å². The van der Waals surface area contributed by atoms with Crippen LogP contribution in [0.1, 0.15) is 0 Å². The summed E-state index contributed by atoms with van der Waals surface area (Å²) in [5.41, 5.74) is 0. The second-order valence-corrected chi connectivity index (χ2v) is 4.08. The Morgan fingerprint density at radius 2 is 2.27 bits per heavy atom. The van der Waals surface area contributed by atoms with Crippen molar-refractivity contribution in [3.8, 4) is 0 Å². The van der Waals surface area contributed by atoms with Gasteiger partial charge in [0, 0.05) is 14.1 Å². The summed E-state index contributed by atoms with van der Waals surface area (Å²) in [6, 6.07) is 0. The Hall–Kier alpha value is -0.750. The van der Waals surface area contributed by atoms with E-state index in [-0.39, 0.29) is 4.87 Å². The van der Waals surface area contributed by atoms with Gasteiger partial charge in [0.15, 0.2) is 0 Å². The zero-order valence-corrected chi connectivity index (χ0v) is 7.78. The highest BCUT2D eigenvalue weighted by Crippen LogP contribution is 2.15. The van der Waals surface area contributed by atoms with Crippen LogP contribution < -0.4 is 4.87 Å². The van der Waals surface area contributed by atoms with Crippen molar-refractivity contribution < 1.29 is 0 Å². The summed E-state index contributed by atoms with van der Waals surface area (Å²) in [6.07, 6.45) is 1.62. The normalized spacial score (nSPS) is 10.7. The quantitative estimate of drug-likeness (QED) is 0.392. The SMILES string of the molecule is CN(C)C=Nc1nc(=O)ss1. The summed E-state index contributed by atoms with van der Waals surface area (Å²) in [4.78, 5) is 19.8. The summed E-state index contributed by atoms with van der Waals surface area (Å²) >= 11 is 0. The van der Waals surface area contributed by atoms with E-state index in [9.17, 15) is 4.79 Å². The molecule has 0 spiro atoms. The van der Waals surface area contributed by atoms with E-state index in [1.165, 1.54) is 10.3 Å². The predicted octanol–water partition coefficient (Wildman–Crippen LogP) is 0.786. The van der Waals surface area contributed by atoms with Crippen LogP contribution >= 0.6 is 20.7 Å². The first-order chi connectivity index (χ1) is 5.18. The lowest BCUT2D eigenvalue weighted by Gasteiger charge is -1.99. The Balaban J connectivity index is 2.72. The van der Waals surface area contributed by atoms with Gasteiger partial charge in [0.2, 0.25) is 5.13 Å². The summed E-state index contributed by atoms with van der Waals surface area (Å²) < 4.78 is 0. The van der Waals surface area contributed by atoms with Gasteiger partial charge in [-0.1, -0.05) is 0 Å². The van der Waals surface area contributed by atoms with E-state index >= 15 is 0 Å². The molecule has 0 saturated carbocycles. The van der Waals surface area contributed by atoms with E-state index < -0.39 is 0 Å². The molecule has 0 saturated heterocycles. The van der Waals surface area contributed by atoms with Gasteiger partial charge in [-0.25, -0.2) is 4.99 Å². The van der Waals surface area contributed by atoms with Crippen LogP contribution in [0.25, 0.3) is 0 Å². The maximum absolute atomic E-state index is 10.6. The molecular weight excluding hydrogens is 182 g/mol. The van der Waals surface area contributed by atoms with E-state index in [0.717, 1.165) is 10.3 Å². The first-order valence-corrected chi connectivity index (χ1v) is 5.01. The van der Waals surface area contributed by atoms with Gasteiger partial charge in [-0.3, -0.25) is 4.79 Å². The van der Waals surface area contributed by atoms with Gasteiger partial charge in [0.25, 0.3) is 0 Å². The highest BCUT2D eigenvalue weighted by molar-refractivity contribution is 7.69. The number of nitrogens with zero attached hydrogens (tertiary/aromatic N) is 3. The minimum absolute atomic E-state index is 0.180. The third-order valence-electron chi connectivity index (χ3n) is 0.774. The van der Waals surface area contributed by atoms with Crippen molar-refractivity contribution in [2.75, 3.05) is 14.1 Å². The van der Waals surface area contributed by atoms with Crippen molar-refractivity contribution in [2.45, 2.75) is 0 Å². The summed E-state index contributed by atoms with van der Waals surface area (Å²) in [5, 5.41) is 0.522. The van der Waals surface area contributed by atoms with Crippen molar-refractivity contribution in [3.63, 3.8) is 0 Å². The molecule has 6 heteroatoms. The fraction of sp³-hybridized carbons (Fsp3) is 0.400. The first-order valence-electron chi connectivity index (χ1n) is 2.86. The van der Waals surface area contributed by atoms with Gasteiger partial charge in [0.05, 0.1) is 6.34 Å². The summed E-state index contributed by atoms with van der Waals surface area (Å²) in [5.74, 6) is 0. The van der Waals surface area contributed by atoms with Crippen molar-refractivity contribution >= 4 is 32.2 Å². The minimum atomic E-state index is -0.180. The van der Waals surface area contributed by atoms with Gasteiger partial charge in [0.1, 0.15) is 0 Å². The number of hydrogen-bond acceptors (Lipinski definition) is 5. The zero-order chi connectivity index (χ0) is 8.27. The highest BCUT2D eigenvalue weighted by Gasteiger charge is 1.94. The Morgan fingerprint density at radius 1 is 1.55 bits per heavy atom. The molecule has 1 aromatic heterocycles. The van der Waals surface area contributed by atoms with Crippen LogP contribution in [0.2, 0.25) is 0 Å². The molecule has 1 aromatic rings. The highest BCUT2D eigenvalue weighted by atomic mass is 32.9. The van der Waals surface area contributed by atoms with Crippen molar-refractivity contribution in [2.24, 2.45) is 4.99 Å². The molecule has 0 fully saturated rings. The fourth-order valence-electron chi connectivity index (χ4n) is 0.404. The molecule has 1 heterocycles. The van der Waals surface area contributed by atoms with Crippen LogP contribution in [0, 0.1) is 0 Å². The molecule has 0 N–H and O–H groups in total. The number of hydrogen-bond donors (Lipinski definition) is 0. The van der Waals surface area contributed by atoms with Gasteiger partial charge < -0.3 is 4.90 Å². The van der Waals surface area contributed by atoms with Gasteiger partial charge >= 0.3 is 4.87 Å². The lowest BCUT2D eigenvalue weighted by molar-refractivity contribution is 0.643. The van der Waals surface area contributed by atoms with Crippen LogP contribution in [0.4, 0.5) is 5.13 Å². The molecule has 0 aliphatic heterocycles. The summed E-state index contributed by atoms with van der Waals surface area (Å²) in [6.45, 7) is 0. The third kappa shape index (κ3) is 2.77. The van der Waals surface area contributed by atoms with E-state index in [1.807, 2.05) is 14.1 Å². The summed E-state index contributed by atoms with van der Waals surface area (Å²) in [7, 11) is 6.10. The second kappa shape index (κ2) is 3.59. The second-order valence-electron chi connectivity index (χ2n) is 2.04.